The van der Waals surface area contributed by atoms with Gasteiger partial charge in [-0.3, -0.25) is 4.90 Å². The molecular weight excluding hydrogens is 210 g/mol. The summed E-state index contributed by atoms with van der Waals surface area (Å²) in [5.41, 5.74) is 0.197. The van der Waals surface area contributed by atoms with Crippen LogP contribution in [0, 0.1) is 0 Å². The number of hydrogen-bond donors (Lipinski definition) is 0. The van der Waals surface area contributed by atoms with Gasteiger partial charge in [0.05, 0.1) is 5.67 Å². The van der Waals surface area contributed by atoms with Crippen molar-refractivity contribution in [3.8, 4) is 0 Å². The lowest BCUT2D eigenvalue weighted by Crippen LogP contribution is -2.60. The normalized spacial score (nSPS) is 20.5. The third-order valence-corrected chi connectivity index (χ3v) is 6.10. The van der Waals surface area contributed by atoms with E-state index in [1.54, 1.807) is 21.3 Å². The van der Waals surface area contributed by atoms with Crippen molar-refractivity contribution < 1.29 is 13.3 Å². The lowest BCUT2D eigenvalue weighted by molar-refractivity contribution is 0.0813. The summed E-state index contributed by atoms with van der Waals surface area (Å²) >= 11 is 0. The number of rotatable bonds is 5. The summed E-state index contributed by atoms with van der Waals surface area (Å²) < 4.78 is 16.4. The molecule has 0 amide bonds. The van der Waals surface area contributed by atoms with Gasteiger partial charge in [-0.2, -0.15) is 0 Å². The predicted octanol–water partition coefficient (Wildman–Crippen LogP) is 1.05. The fraction of sp³-hybridized carbons (Fsp3) is 0.800. The van der Waals surface area contributed by atoms with Crippen molar-refractivity contribution in [3.05, 3.63) is 12.2 Å². The Balaban J connectivity index is 2.70. The number of nitrogens with zero attached hydrogens (tertiary/aromatic N) is 1. The van der Waals surface area contributed by atoms with Gasteiger partial charge in [-0.15, -0.1) is 0 Å². The molecule has 1 aliphatic rings. The van der Waals surface area contributed by atoms with Crippen LogP contribution in [-0.2, 0) is 13.3 Å². The highest BCUT2D eigenvalue weighted by atomic mass is 28.4. The van der Waals surface area contributed by atoms with E-state index in [0.717, 1.165) is 19.5 Å². The zero-order valence-corrected chi connectivity index (χ0v) is 11.0. The molecule has 0 aromatic rings. The molecule has 0 aromatic heterocycles. The first-order chi connectivity index (χ1) is 7.20. The molecule has 1 unspecified atom stereocenters. The van der Waals surface area contributed by atoms with E-state index < -0.39 is 8.80 Å². The molecule has 0 spiro atoms. The van der Waals surface area contributed by atoms with Crippen LogP contribution < -0.4 is 0 Å². The summed E-state index contributed by atoms with van der Waals surface area (Å²) in [5, 5.41) is 0. The van der Waals surface area contributed by atoms with Crippen molar-refractivity contribution >= 4 is 8.80 Å². The van der Waals surface area contributed by atoms with Gasteiger partial charge in [-0.25, -0.2) is 0 Å². The van der Waals surface area contributed by atoms with Gasteiger partial charge in [-0.05, 0) is 13.3 Å². The highest BCUT2D eigenvalue weighted by molar-refractivity contribution is 6.62. The highest BCUT2D eigenvalue weighted by Gasteiger charge is 2.47. The van der Waals surface area contributed by atoms with Crippen molar-refractivity contribution in [2.75, 3.05) is 34.4 Å². The molecule has 1 heterocycles. The first-order valence-electron chi connectivity index (χ1n) is 5.24. The van der Waals surface area contributed by atoms with E-state index >= 15 is 0 Å². The zero-order chi connectivity index (χ0) is 11.3. The maximum Gasteiger partial charge on any atom is 0.517 e. The van der Waals surface area contributed by atoms with Crippen molar-refractivity contribution in [3.63, 3.8) is 0 Å². The summed E-state index contributed by atoms with van der Waals surface area (Å²) in [7, 11) is 2.47. The molecule has 4 nitrogen and oxygen atoms in total. The van der Waals surface area contributed by atoms with Crippen LogP contribution in [0.15, 0.2) is 12.2 Å². The third kappa shape index (κ3) is 2.67. The Hall–Kier alpha value is -0.203. The largest absolute Gasteiger partial charge is 0.517 e. The van der Waals surface area contributed by atoms with Gasteiger partial charge in [0.2, 0.25) is 0 Å². The lowest BCUT2D eigenvalue weighted by Gasteiger charge is -2.38. The SMILES string of the molecule is CO[Si](OC)(OC)C(C)N1CC=CCC1. The standard InChI is InChI=1S/C10H21NO3Si/c1-10(11-8-6-5-7-9-11)15(12-2,13-3)14-4/h5-6,10H,7-9H2,1-4H3. The van der Waals surface area contributed by atoms with Crippen LogP contribution >= 0.6 is 0 Å². The van der Waals surface area contributed by atoms with E-state index in [0.29, 0.717) is 0 Å². The van der Waals surface area contributed by atoms with E-state index in [9.17, 15) is 0 Å². The lowest BCUT2D eigenvalue weighted by atomic mass is 10.2. The van der Waals surface area contributed by atoms with Crippen LogP contribution in [0.25, 0.3) is 0 Å². The molecule has 0 aliphatic carbocycles. The summed E-state index contributed by atoms with van der Waals surface area (Å²) in [6.45, 7) is 4.11. The van der Waals surface area contributed by atoms with Gasteiger partial charge >= 0.3 is 8.80 Å². The molecule has 15 heavy (non-hydrogen) atoms. The maximum absolute atomic E-state index is 5.48. The molecule has 1 rings (SSSR count). The second kappa shape index (κ2) is 5.76. The summed E-state index contributed by atoms with van der Waals surface area (Å²) in [6.07, 6.45) is 5.48. The van der Waals surface area contributed by atoms with Crippen molar-refractivity contribution in [2.45, 2.75) is 19.0 Å². The van der Waals surface area contributed by atoms with Gasteiger partial charge in [0.25, 0.3) is 0 Å². The van der Waals surface area contributed by atoms with Gasteiger partial charge in [0.15, 0.2) is 0 Å². The Labute approximate surface area is 93.2 Å². The van der Waals surface area contributed by atoms with Crippen molar-refractivity contribution in [1.82, 2.24) is 4.90 Å². The summed E-state index contributed by atoms with van der Waals surface area (Å²) in [6, 6.07) is 0. The Morgan fingerprint density at radius 1 is 1.13 bits per heavy atom. The molecule has 5 heteroatoms. The monoisotopic (exact) mass is 231 g/mol. The Bertz CT molecular complexity index is 210. The molecular formula is C10H21NO3Si. The molecule has 1 atom stereocenters. The van der Waals surface area contributed by atoms with Crippen LogP contribution in [0.1, 0.15) is 13.3 Å². The van der Waals surface area contributed by atoms with Crippen LogP contribution in [0.5, 0.6) is 0 Å². The average Bonchev–Trinajstić information content (AvgIpc) is 2.33. The first-order valence-corrected chi connectivity index (χ1v) is 7.05. The van der Waals surface area contributed by atoms with E-state index in [4.69, 9.17) is 13.3 Å². The van der Waals surface area contributed by atoms with Gasteiger partial charge in [0.1, 0.15) is 0 Å². The van der Waals surface area contributed by atoms with Crippen LogP contribution in [-0.4, -0.2) is 53.8 Å². The second-order valence-corrected chi connectivity index (χ2v) is 6.91. The van der Waals surface area contributed by atoms with Gasteiger partial charge in [0, 0.05) is 34.4 Å². The molecule has 0 N–H and O–H groups in total. The van der Waals surface area contributed by atoms with E-state index in [2.05, 4.69) is 24.0 Å². The molecule has 0 radical (unpaired) electrons. The maximum atomic E-state index is 5.48. The fourth-order valence-corrected chi connectivity index (χ4v) is 4.20. The smallest absolute Gasteiger partial charge is 0.376 e. The highest BCUT2D eigenvalue weighted by Crippen LogP contribution is 2.19. The Kier molecular flexibility index (Phi) is 4.94. The van der Waals surface area contributed by atoms with E-state index in [1.165, 1.54) is 0 Å². The van der Waals surface area contributed by atoms with Crippen molar-refractivity contribution in [2.24, 2.45) is 0 Å². The molecule has 0 saturated carbocycles. The number of hydrogen-bond acceptors (Lipinski definition) is 4. The molecule has 0 aromatic carbocycles. The minimum absolute atomic E-state index is 0.197. The van der Waals surface area contributed by atoms with Crippen molar-refractivity contribution in [1.29, 1.82) is 0 Å². The zero-order valence-electron chi connectivity index (χ0n) is 10.0. The van der Waals surface area contributed by atoms with Crippen LogP contribution in [0.2, 0.25) is 0 Å². The topological polar surface area (TPSA) is 30.9 Å². The quantitative estimate of drug-likeness (QED) is 0.523. The van der Waals surface area contributed by atoms with Crippen LogP contribution in [0.3, 0.4) is 0 Å². The average molecular weight is 231 g/mol. The predicted molar refractivity (Wildman–Crippen MR) is 61.6 cm³/mol. The van der Waals surface area contributed by atoms with Gasteiger partial charge < -0.3 is 13.3 Å². The van der Waals surface area contributed by atoms with E-state index in [1.807, 2.05) is 0 Å². The van der Waals surface area contributed by atoms with E-state index in [-0.39, 0.29) is 5.67 Å². The second-order valence-electron chi connectivity index (χ2n) is 3.65. The summed E-state index contributed by atoms with van der Waals surface area (Å²) in [4.78, 5) is 2.34. The third-order valence-electron chi connectivity index (χ3n) is 3.00. The molecule has 0 saturated heterocycles. The van der Waals surface area contributed by atoms with Crippen LogP contribution in [0.4, 0.5) is 0 Å². The fourth-order valence-electron chi connectivity index (χ4n) is 2.00. The summed E-state index contributed by atoms with van der Waals surface area (Å²) in [5.74, 6) is 0. The Morgan fingerprint density at radius 3 is 2.13 bits per heavy atom. The molecule has 1 aliphatic heterocycles. The minimum Gasteiger partial charge on any atom is -0.376 e. The first kappa shape index (κ1) is 12.9. The molecule has 88 valence electrons. The minimum atomic E-state index is -2.52. The molecule has 0 fully saturated rings. The molecule has 0 bridgehead atoms. The Morgan fingerprint density at radius 2 is 1.73 bits per heavy atom. The van der Waals surface area contributed by atoms with Gasteiger partial charge in [-0.1, -0.05) is 12.2 Å².